The lowest BCUT2D eigenvalue weighted by Gasteiger charge is -2.32. The van der Waals surface area contributed by atoms with E-state index in [-0.39, 0.29) is 24.2 Å². The highest BCUT2D eigenvalue weighted by atomic mass is 16.8. The molecule has 202 valence electrons. The Morgan fingerprint density at radius 2 is 1.15 bits per heavy atom. The van der Waals surface area contributed by atoms with E-state index in [1.54, 1.807) is 97.9 Å². The Morgan fingerprint density at radius 3 is 1.62 bits per heavy atom. The molecular formula is C30H28O9. The Morgan fingerprint density at radius 1 is 0.692 bits per heavy atom. The molecule has 0 bridgehead atoms. The molecular weight excluding hydrogens is 504 g/mol. The summed E-state index contributed by atoms with van der Waals surface area (Å²) in [5.74, 6) is -2.80. The average Bonchev–Trinajstić information content (AvgIpc) is 3.24. The van der Waals surface area contributed by atoms with Crippen LogP contribution in [0.3, 0.4) is 0 Å². The van der Waals surface area contributed by atoms with Gasteiger partial charge < -0.3 is 23.7 Å². The zero-order valence-corrected chi connectivity index (χ0v) is 21.5. The number of benzene rings is 3. The zero-order chi connectivity index (χ0) is 27.8. The number of rotatable bonds is 9. The third kappa shape index (κ3) is 6.50. The van der Waals surface area contributed by atoms with Crippen LogP contribution in [0.5, 0.6) is 0 Å². The molecule has 1 heterocycles. The summed E-state index contributed by atoms with van der Waals surface area (Å²) in [7, 11) is 0. The van der Waals surface area contributed by atoms with E-state index in [0.29, 0.717) is 5.56 Å². The predicted octanol–water partition coefficient (Wildman–Crippen LogP) is 4.36. The number of carbonyl (C=O) groups excluding carboxylic acids is 4. The molecule has 0 spiro atoms. The molecule has 0 amide bonds. The van der Waals surface area contributed by atoms with Crippen LogP contribution in [0.4, 0.5) is 0 Å². The SMILES string of the molecule is CC[C@]1(COC(=O)c2ccccc2)O[C@@H](OC(C)=O)[C@H](OC(=O)c2ccccc2)[C@@H]1OC(=O)c1ccccc1. The van der Waals surface area contributed by atoms with Crippen molar-refractivity contribution in [1.82, 2.24) is 0 Å². The minimum absolute atomic E-state index is 0.152. The second kappa shape index (κ2) is 12.4. The lowest BCUT2D eigenvalue weighted by atomic mass is 9.92. The molecule has 9 heteroatoms. The molecule has 9 nitrogen and oxygen atoms in total. The molecule has 1 aliphatic heterocycles. The van der Waals surface area contributed by atoms with Crippen molar-refractivity contribution < 1.29 is 42.9 Å². The van der Waals surface area contributed by atoms with Crippen LogP contribution in [-0.4, -0.2) is 54.6 Å². The first-order valence-electron chi connectivity index (χ1n) is 12.4. The van der Waals surface area contributed by atoms with Crippen molar-refractivity contribution in [2.75, 3.05) is 6.61 Å². The van der Waals surface area contributed by atoms with Crippen LogP contribution in [0.15, 0.2) is 91.0 Å². The summed E-state index contributed by atoms with van der Waals surface area (Å²) in [5.41, 5.74) is -0.718. The molecule has 0 N–H and O–H groups in total. The van der Waals surface area contributed by atoms with Gasteiger partial charge in [-0.15, -0.1) is 0 Å². The largest absolute Gasteiger partial charge is 0.459 e. The Labute approximate surface area is 225 Å². The third-order valence-electron chi connectivity index (χ3n) is 6.27. The Balaban J connectivity index is 1.68. The molecule has 39 heavy (non-hydrogen) atoms. The maximum Gasteiger partial charge on any atom is 0.338 e. The van der Waals surface area contributed by atoms with Gasteiger partial charge in [-0.1, -0.05) is 61.5 Å². The average molecular weight is 533 g/mol. The van der Waals surface area contributed by atoms with Gasteiger partial charge in [0.15, 0.2) is 6.10 Å². The molecule has 3 aromatic carbocycles. The van der Waals surface area contributed by atoms with Crippen molar-refractivity contribution in [2.45, 2.75) is 44.4 Å². The summed E-state index contributed by atoms with van der Waals surface area (Å²) in [6, 6.07) is 24.7. The van der Waals surface area contributed by atoms with E-state index in [1.165, 1.54) is 6.92 Å². The highest BCUT2D eigenvalue weighted by Gasteiger charge is 2.61. The molecule has 1 aliphatic rings. The predicted molar refractivity (Wildman–Crippen MR) is 138 cm³/mol. The second-order valence-electron chi connectivity index (χ2n) is 8.88. The third-order valence-corrected chi connectivity index (χ3v) is 6.27. The highest BCUT2D eigenvalue weighted by Crippen LogP contribution is 2.40. The Hall–Kier alpha value is -4.50. The van der Waals surface area contributed by atoms with Gasteiger partial charge in [0, 0.05) is 6.92 Å². The first kappa shape index (κ1) is 27.5. The minimum atomic E-state index is -1.50. The van der Waals surface area contributed by atoms with Gasteiger partial charge in [-0.3, -0.25) is 4.79 Å². The summed E-state index contributed by atoms with van der Waals surface area (Å²) in [5, 5.41) is 0. The van der Waals surface area contributed by atoms with Crippen LogP contribution in [0, 0.1) is 0 Å². The molecule has 4 rings (SSSR count). The molecule has 4 atom stereocenters. The standard InChI is InChI=1S/C30H28O9/c1-3-30(19-35-26(32)21-13-7-4-8-14-21)25(38-28(34)23-17-11-6-12-18-23)24(29(39-30)36-20(2)31)37-27(33)22-15-9-5-10-16-22/h4-18,24-25,29H,3,19H2,1-2H3/t24-,25+,29-,30-/m1/s1. The lowest BCUT2D eigenvalue weighted by Crippen LogP contribution is -2.50. The van der Waals surface area contributed by atoms with E-state index < -0.39 is 48.0 Å². The van der Waals surface area contributed by atoms with E-state index in [1.807, 2.05) is 0 Å². The van der Waals surface area contributed by atoms with Crippen LogP contribution in [0.2, 0.25) is 0 Å². The summed E-state index contributed by atoms with van der Waals surface area (Å²) >= 11 is 0. The second-order valence-corrected chi connectivity index (χ2v) is 8.88. The summed E-state index contributed by atoms with van der Waals surface area (Å²) in [6.07, 6.45) is -3.93. The fourth-order valence-corrected chi connectivity index (χ4v) is 4.23. The first-order valence-corrected chi connectivity index (χ1v) is 12.4. The normalized spacial score (nSPS) is 21.9. The van der Waals surface area contributed by atoms with Gasteiger partial charge in [-0.05, 0) is 42.8 Å². The number of hydrogen-bond donors (Lipinski definition) is 0. The highest BCUT2D eigenvalue weighted by molar-refractivity contribution is 5.91. The summed E-state index contributed by atoms with van der Waals surface area (Å²) in [4.78, 5) is 50.9. The van der Waals surface area contributed by atoms with Crippen LogP contribution in [0.1, 0.15) is 51.3 Å². The quantitative estimate of drug-likeness (QED) is 0.293. The van der Waals surface area contributed by atoms with E-state index in [2.05, 4.69) is 0 Å². The topological polar surface area (TPSA) is 114 Å². The van der Waals surface area contributed by atoms with Crippen LogP contribution in [0.25, 0.3) is 0 Å². The van der Waals surface area contributed by atoms with Crippen molar-refractivity contribution in [3.8, 4) is 0 Å². The molecule has 0 aliphatic carbocycles. The van der Waals surface area contributed by atoms with Crippen LogP contribution < -0.4 is 0 Å². The number of esters is 4. The van der Waals surface area contributed by atoms with Crippen molar-refractivity contribution >= 4 is 23.9 Å². The first-order chi connectivity index (χ1) is 18.8. The van der Waals surface area contributed by atoms with Gasteiger partial charge in [0.1, 0.15) is 12.2 Å². The Kier molecular flexibility index (Phi) is 8.73. The van der Waals surface area contributed by atoms with Gasteiger partial charge in [0.2, 0.25) is 12.4 Å². The van der Waals surface area contributed by atoms with Gasteiger partial charge in [-0.25, -0.2) is 14.4 Å². The number of hydrogen-bond acceptors (Lipinski definition) is 9. The van der Waals surface area contributed by atoms with E-state index in [4.69, 9.17) is 23.7 Å². The van der Waals surface area contributed by atoms with Gasteiger partial charge in [0.25, 0.3) is 0 Å². The Bertz CT molecular complexity index is 1290. The molecule has 3 aromatic rings. The summed E-state index contributed by atoms with van der Waals surface area (Å²) < 4.78 is 28.7. The fraction of sp³-hybridized carbons (Fsp3) is 0.267. The van der Waals surface area contributed by atoms with E-state index in [9.17, 15) is 19.2 Å². The lowest BCUT2D eigenvalue weighted by molar-refractivity contribution is -0.205. The molecule has 0 unspecified atom stereocenters. The van der Waals surface area contributed by atoms with Crippen molar-refractivity contribution in [1.29, 1.82) is 0 Å². The molecule has 1 fully saturated rings. The van der Waals surface area contributed by atoms with E-state index >= 15 is 0 Å². The fourth-order valence-electron chi connectivity index (χ4n) is 4.23. The summed E-state index contributed by atoms with van der Waals surface area (Å²) in [6.45, 7) is 2.53. The minimum Gasteiger partial charge on any atom is -0.459 e. The van der Waals surface area contributed by atoms with Gasteiger partial charge >= 0.3 is 23.9 Å². The van der Waals surface area contributed by atoms with Crippen molar-refractivity contribution in [3.63, 3.8) is 0 Å². The van der Waals surface area contributed by atoms with Gasteiger partial charge in [-0.2, -0.15) is 0 Å². The maximum atomic E-state index is 13.2. The number of ether oxygens (including phenoxy) is 5. The smallest absolute Gasteiger partial charge is 0.338 e. The van der Waals surface area contributed by atoms with Crippen LogP contribution in [-0.2, 0) is 28.5 Å². The molecule has 0 saturated carbocycles. The molecule has 0 aromatic heterocycles. The number of carbonyl (C=O) groups is 4. The molecule has 0 radical (unpaired) electrons. The molecule has 1 saturated heterocycles. The van der Waals surface area contributed by atoms with Gasteiger partial charge in [0.05, 0.1) is 16.7 Å². The van der Waals surface area contributed by atoms with E-state index in [0.717, 1.165) is 0 Å². The van der Waals surface area contributed by atoms with Crippen molar-refractivity contribution in [3.05, 3.63) is 108 Å². The van der Waals surface area contributed by atoms with Crippen LogP contribution >= 0.6 is 0 Å². The monoisotopic (exact) mass is 532 g/mol. The zero-order valence-electron chi connectivity index (χ0n) is 21.5. The van der Waals surface area contributed by atoms with Crippen molar-refractivity contribution in [2.24, 2.45) is 0 Å². The maximum absolute atomic E-state index is 13.2.